The van der Waals surface area contributed by atoms with Crippen LogP contribution in [0.4, 0.5) is 0 Å². The van der Waals surface area contributed by atoms with Crippen LogP contribution in [0.25, 0.3) is 11.0 Å². The van der Waals surface area contributed by atoms with E-state index in [0.717, 1.165) is 23.7 Å². The van der Waals surface area contributed by atoms with Crippen molar-refractivity contribution in [2.45, 2.75) is 39.0 Å². The maximum absolute atomic E-state index is 6.34. The van der Waals surface area contributed by atoms with Gasteiger partial charge in [-0.2, -0.15) is 0 Å². The second-order valence-electron chi connectivity index (χ2n) is 5.68. The summed E-state index contributed by atoms with van der Waals surface area (Å²) in [5.41, 5.74) is 2.51. The Kier molecular flexibility index (Phi) is 4.99. The third-order valence-electron chi connectivity index (χ3n) is 4.28. The number of rotatable bonds is 5. The minimum atomic E-state index is 0.617. The fourth-order valence-electron chi connectivity index (χ4n) is 3.14. The number of nitrogens with zero attached hydrogens (tertiary/aromatic N) is 2. The van der Waals surface area contributed by atoms with E-state index in [1.165, 1.54) is 37.7 Å². The summed E-state index contributed by atoms with van der Waals surface area (Å²) < 4.78 is 2.10. The van der Waals surface area contributed by atoms with Crippen molar-refractivity contribution in [3.05, 3.63) is 28.0 Å². The van der Waals surface area contributed by atoms with Crippen molar-refractivity contribution >= 4 is 34.0 Å². The van der Waals surface area contributed by atoms with E-state index in [9.17, 15) is 0 Å². The predicted molar refractivity (Wildman–Crippen MR) is 91.2 cm³/mol. The zero-order chi connectivity index (χ0) is 14.7. The van der Waals surface area contributed by atoms with Crippen LogP contribution in [0.1, 0.15) is 44.7 Å². The Hall–Kier alpha value is -0.840. The molecule has 1 aliphatic carbocycles. The molecule has 0 atom stereocenters. The maximum Gasteiger partial charge on any atom is 0.195 e. The SMILES string of the molecule is CCNC/C(=C/c1c(Cl)nc2sccn12)C1CCCCC1. The first-order chi connectivity index (χ1) is 10.3. The van der Waals surface area contributed by atoms with Crippen LogP contribution in [0.5, 0.6) is 0 Å². The van der Waals surface area contributed by atoms with Gasteiger partial charge in [-0.15, -0.1) is 11.3 Å². The number of halogens is 1. The third kappa shape index (κ3) is 3.33. The van der Waals surface area contributed by atoms with Gasteiger partial charge in [0.25, 0.3) is 0 Å². The standard InChI is InChI=1S/C16H22ClN3S/c1-2-18-11-13(12-6-4-3-5-7-12)10-14-15(17)19-16-20(14)8-9-21-16/h8-10,12,18H,2-7,11H2,1H3/b13-10-. The zero-order valence-electron chi connectivity index (χ0n) is 12.4. The molecular weight excluding hydrogens is 302 g/mol. The van der Waals surface area contributed by atoms with E-state index >= 15 is 0 Å². The Bertz CT molecular complexity index is 623. The zero-order valence-corrected chi connectivity index (χ0v) is 14.0. The molecule has 0 aliphatic heterocycles. The summed E-state index contributed by atoms with van der Waals surface area (Å²) in [5.74, 6) is 0.693. The molecule has 5 heteroatoms. The van der Waals surface area contributed by atoms with Crippen LogP contribution in [-0.4, -0.2) is 22.5 Å². The molecule has 2 aromatic rings. The molecule has 0 saturated heterocycles. The number of aromatic nitrogens is 2. The smallest absolute Gasteiger partial charge is 0.195 e. The van der Waals surface area contributed by atoms with Gasteiger partial charge in [0.1, 0.15) is 0 Å². The first kappa shape index (κ1) is 15.1. The maximum atomic E-state index is 6.34. The Morgan fingerprint density at radius 3 is 3.05 bits per heavy atom. The third-order valence-corrected chi connectivity index (χ3v) is 5.32. The first-order valence-corrected chi connectivity index (χ1v) is 9.07. The highest BCUT2D eigenvalue weighted by atomic mass is 35.5. The molecule has 0 spiro atoms. The number of thiazole rings is 1. The Labute approximate surface area is 135 Å². The molecule has 0 unspecified atom stereocenters. The summed E-state index contributed by atoms with van der Waals surface area (Å²) in [4.78, 5) is 5.40. The van der Waals surface area contributed by atoms with Crippen molar-refractivity contribution in [1.82, 2.24) is 14.7 Å². The Morgan fingerprint density at radius 2 is 2.29 bits per heavy atom. The minimum Gasteiger partial charge on any atom is -0.313 e. The van der Waals surface area contributed by atoms with Crippen LogP contribution >= 0.6 is 22.9 Å². The lowest BCUT2D eigenvalue weighted by atomic mass is 9.83. The minimum absolute atomic E-state index is 0.617. The molecule has 3 nitrogen and oxygen atoms in total. The van der Waals surface area contributed by atoms with Gasteiger partial charge in [0.2, 0.25) is 0 Å². The lowest BCUT2D eigenvalue weighted by molar-refractivity contribution is 0.397. The second kappa shape index (κ2) is 6.95. The second-order valence-corrected chi connectivity index (χ2v) is 6.91. The van der Waals surface area contributed by atoms with Crippen LogP contribution < -0.4 is 5.32 Å². The summed E-state index contributed by atoms with van der Waals surface area (Å²) >= 11 is 7.96. The summed E-state index contributed by atoms with van der Waals surface area (Å²) in [6.45, 7) is 4.11. The number of imidazole rings is 1. The van der Waals surface area contributed by atoms with Gasteiger partial charge in [0.05, 0.1) is 5.69 Å². The molecule has 1 N–H and O–H groups in total. The van der Waals surface area contributed by atoms with E-state index in [4.69, 9.17) is 11.6 Å². The fourth-order valence-corrected chi connectivity index (χ4v) is 4.13. The van der Waals surface area contributed by atoms with E-state index in [2.05, 4.69) is 39.3 Å². The van der Waals surface area contributed by atoms with Gasteiger partial charge in [-0.05, 0) is 31.4 Å². The van der Waals surface area contributed by atoms with Gasteiger partial charge in [-0.25, -0.2) is 4.98 Å². The van der Waals surface area contributed by atoms with Gasteiger partial charge < -0.3 is 5.32 Å². The number of likely N-dealkylation sites (N-methyl/N-ethyl adjacent to an activating group) is 1. The highest BCUT2D eigenvalue weighted by molar-refractivity contribution is 7.15. The molecule has 0 bridgehead atoms. The predicted octanol–water partition coefficient (Wildman–Crippen LogP) is 4.62. The molecule has 1 saturated carbocycles. The molecule has 21 heavy (non-hydrogen) atoms. The number of fused-ring (bicyclic) bond motifs is 1. The van der Waals surface area contributed by atoms with Crippen LogP contribution in [0.15, 0.2) is 17.2 Å². The monoisotopic (exact) mass is 323 g/mol. The van der Waals surface area contributed by atoms with E-state index in [0.29, 0.717) is 11.1 Å². The number of hydrogen-bond donors (Lipinski definition) is 1. The topological polar surface area (TPSA) is 29.3 Å². The van der Waals surface area contributed by atoms with E-state index < -0.39 is 0 Å². The highest BCUT2D eigenvalue weighted by Crippen LogP contribution is 2.32. The normalized spacial score (nSPS) is 17.7. The Balaban J connectivity index is 1.93. The molecule has 114 valence electrons. The van der Waals surface area contributed by atoms with Crippen LogP contribution in [-0.2, 0) is 0 Å². The van der Waals surface area contributed by atoms with Crippen LogP contribution in [0.3, 0.4) is 0 Å². The van der Waals surface area contributed by atoms with Gasteiger partial charge in [0.15, 0.2) is 10.1 Å². The summed E-state index contributed by atoms with van der Waals surface area (Å²) in [5, 5.41) is 6.15. The average Bonchev–Trinajstić information content (AvgIpc) is 3.06. The van der Waals surface area contributed by atoms with Gasteiger partial charge >= 0.3 is 0 Å². The van der Waals surface area contributed by atoms with Crippen molar-refractivity contribution in [2.24, 2.45) is 5.92 Å². The molecule has 0 radical (unpaired) electrons. The lowest BCUT2D eigenvalue weighted by Gasteiger charge is -2.25. The van der Waals surface area contributed by atoms with Gasteiger partial charge in [0, 0.05) is 18.1 Å². The molecule has 2 heterocycles. The van der Waals surface area contributed by atoms with Crippen molar-refractivity contribution in [1.29, 1.82) is 0 Å². The van der Waals surface area contributed by atoms with Gasteiger partial charge in [-0.1, -0.05) is 43.4 Å². The van der Waals surface area contributed by atoms with E-state index in [-0.39, 0.29) is 0 Å². The number of hydrogen-bond acceptors (Lipinski definition) is 3. The van der Waals surface area contributed by atoms with Crippen molar-refractivity contribution in [2.75, 3.05) is 13.1 Å². The van der Waals surface area contributed by atoms with Crippen molar-refractivity contribution < 1.29 is 0 Å². The molecule has 0 amide bonds. The van der Waals surface area contributed by atoms with Crippen molar-refractivity contribution in [3.8, 4) is 0 Å². The summed E-state index contributed by atoms with van der Waals surface area (Å²) in [7, 11) is 0. The average molecular weight is 324 g/mol. The van der Waals surface area contributed by atoms with Gasteiger partial charge in [-0.3, -0.25) is 4.40 Å². The van der Waals surface area contributed by atoms with Crippen LogP contribution in [0, 0.1) is 5.92 Å². The lowest BCUT2D eigenvalue weighted by Crippen LogP contribution is -2.22. The first-order valence-electron chi connectivity index (χ1n) is 7.82. The summed E-state index contributed by atoms with van der Waals surface area (Å²) in [6, 6.07) is 0. The molecular formula is C16H22ClN3S. The van der Waals surface area contributed by atoms with Crippen LogP contribution in [0.2, 0.25) is 5.15 Å². The molecule has 1 fully saturated rings. The molecule has 2 aromatic heterocycles. The number of nitrogens with one attached hydrogen (secondary N) is 1. The molecule has 0 aromatic carbocycles. The molecule has 3 rings (SSSR count). The largest absolute Gasteiger partial charge is 0.313 e. The molecule has 1 aliphatic rings. The summed E-state index contributed by atoms with van der Waals surface area (Å²) in [6.07, 6.45) is 11.0. The highest BCUT2D eigenvalue weighted by Gasteiger charge is 2.19. The quantitative estimate of drug-likeness (QED) is 0.869. The van der Waals surface area contributed by atoms with Crippen molar-refractivity contribution in [3.63, 3.8) is 0 Å². The Morgan fingerprint density at radius 1 is 1.48 bits per heavy atom. The van der Waals surface area contributed by atoms with E-state index in [1.807, 2.05) is 0 Å². The fraction of sp³-hybridized carbons (Fsp3) is 0.562. The van der Waals surface area contributed by atoms with E-state index in [1.54, 1.807) is 11.3 Å².